The molecule has 2 heterocycles. The summed E-state index contributed by atoms with van der Waals surface area (Å²) < 4.78 is 2.07. The molecule has 3 nitrogen and oxygen atoms in total. The Morgan fingerprint density at radius 3 is 3.05 bits per heavy atom. The van der Waals surface area contributed by atoms with Crippen LogP contribution in [0.15, 0.2) is 36.0 Å². The summed E-state index contributed by atoms with van der Waals surface area (Å²) in [6.07, 6.45) is 4.98. The van der Waals surface area contributed by atoms with E-state index in [0.717, 1.165) is 27.7 Å². The van der Waals surface area contributed by atoms with Gasteiger partial charge in [0.2, 0.25) is 0 Å². The lowest BCUT2D eigenvalue weighted by atomic mass is 9.98. The SMILES string of the molecule is CNC(Cc1cn2ccsc2n1)c1cccc(Cl)c1C. The number of aromatic nitrogens is 2. The van der Waals surface area contributed by atoms with E-state index in [2.05, 4.69) is 33.9 Å². The third-order valence-electron chi connectivity index (χ3n) is 3.59. The second-order valence-electron chi connectivity index (χ2n) is 4.82. The second-order valence-corrected chi connectivity index (χ2v) is 6.10. The highest BCUT2D eigenvalue weighted by atomic mass is 35.5. The monoisotopic (exact) mass is 305 g/mol. The Bertz CT molecular complexity index is 703. The number of imidazole rings is 1. The predicted octanol–water partition coefficient (Wildman–Crippen LogP) is 3.86. The van der Waals surface area contributed by atoms with Crippen molar-refractivity contribution in [1.82, 2.24) is 14.7 Å². The Morgan fingerprint density at radius 1 is 1.45 bits per heavy atom. The molecule has 104 valence electrons. The minimum absolute atomic E-state index is 0.221. The highest BCUT2D eigenvalue weighted by Crippen LogP contribution is 2.26. The Morgan fingerprint density at radius 2 is 2.30 bits per heavy atom. The van der Waals surface area contributed by atoms with Gasteiger partial charge < -0.3 is 5.32 Å². The van der Waals surface area contributed by atoms with E-state index in [9.17, 15) is 0 Å². The van der Waals surface area contributed by atoms with Crippen LogP contribution in [0, 0.1) is 6.92 Å². The molecule has 1 atom stereocenters. The molecule has 0 radical (unpaired) electrons. The average molecular weight is 306 g/mol. The van der Waals surface area contributed by atoms with E-state index >= 15 is 0 Å². The van der Waals surface area contributed by atoms with Crippen molar-refractivity contribution in [3.8, 4) is 0 Å². The Balaban J connectivity index is 1.90. The largest absolute Gasteiger partial charge is 0.313 e. The molecular weight excluding hydrogens is 290 g/mol. The molecule has 3 aromatic rings. The zero-order chi connectivity index (χ0) is 14.1. The van der Waals surface area contributed by atoms with Crippen LogP contribution in [0.2, 0.25) is 5.02 Å². The lowest BCUT2D eigenvalue weighted by Gasteiger charge is -2.18. The van der Waals surface area contributed by atoms with Crippen LogP contribution in [0.3, 0.4) is 0 Å². The summed E-state index contributed by atoms with van der Waals surface area (Å²) in [4.78, 5) is 5.69. The fourth-order valence-electron chi connectivity index (χ4n) is 2.45. The van der Waals surface area contributed by atoms with Gasteiger partial charge in [-0.2, -0.15) is 0 Å². The Kier molecular flexibility index (Phi) is 3.78. The lowest BCUT2D eigenvalue weighted by molar-refractivity contribution is 0.583. The minimum atomic E-state index is 0.221. The molecule has 5 heteroatoms. The van der Waals surface area contributed by atoms with Crippen LogP contribution in [0.25, 0.3) is 4.96 Å². The van der Waals surface area contributed by atoms with Gasteiger partial charge in [0, 0.05) is 35.3 Å². The van der Waals surface area contributed by atoms with Crippen LogP contribution in [0.5, 0.6) is 0 Å². The van der Waals surface area contributed by atoms with Gasteiger partial charge in [0.1, 0.15) is 0 Å². The molecule has 2 aromatic heterocycles. The van der Waals surface area contributed by atoms with Crippen molar-refractivity contribution in [1.29, 1.82) is 0 Å². The van der Waals surface area contributed by atoms with Gasteiger partial charge in [0.05, 0.1) is 5.69 Å². The smallest absolute Gasteiger partial charge is 0.193 e. The number of nitrogens with zero attached hydrogens (tertiary/aromatic N) is 2. The van der Waals surface area contributed by atoms with E-state index in [4.69, 9.17) is 11.6 Å². The number of likely N-dealkylation sites (N-methyl/N-ethyl adjacent to an activating group) is 1. The van der Waals surface area contributed by atoms with Gasteiger partial charge in [-0.3, -0.25) is 4.40 Å². The molecule has 20 heavy (non-hydrogen) atoms. The van der Waals surface area contributed by atoms with Crippen molar-refractivity contribution >= 4 is 27.9 Å². The zero-order valence-corrected chi connectivity index (χ0v) is 13.0. The number of hydrogen-bond acceptors (Lipinski definition) is 3. The number of halogens is 1. The van der Waals surface area contributed by atoms with Crippen molar-refractivity contribution in [3.05, 3.63) is 57.8 Å². The van der Waals surface area contributed by atoms with E-state index in [1.54, 1.807) is 11.3 Å². The molecule has 3 rings (SSSR count). The van der Waals surface area contributed by atoms with Crippen molar-refractivity contribution < 1.29 is 0 Å². The lowest BCUT2D eigenvalue weighted by Crippen LogP contribution is -2.20. The first-order chi connectivity index (χ1) is 9.69. The highest BCUT2D eigenvalue weighted by Gasteiger charge is 2.15. The summed E-state index contributed by atoms with van der Waals surface area (Å²) >= 11 is 7.87. The molecule has 0 spiro atoms. The third kappa shape index (κ3) is 2.46. The van der Waals surface area contributed by atoms with Gasteiger partial charge in [0.15, 0.2) is 4.96 Å². The number of thiazole rings is 1. The molecular formula is C15H16ClN3S. The molecule has 0 saturated heterocycles. The molecule has 0 saturated carbocycles. The van der Waals surface area contributed by atoms with Crippen molar-refractivity contribution in [3.63, 3.8) is 0 Å². The molecule has 0 bridgehead atoms. The van der Waals surface area contributed by atoms with Gasteiger partial charge in [-0.05, 0) is 31.2 Å². The standard InChI is InChI=1S/C15H16ClN3S/c1-10-12(4-3-5-13(10)16)14(17-2)8-11-9-19-6-7-20-15(19)18-11/h3-7,9,14,17H,8H2,1-2H3. The molecule has 1 N–H and O–H groups in total. The average Bonchev–Trinajstić information content (AvgIpc) is 3.00. The Labute approximate surface area is 127 Å². The molecule has 0 amide bonds. The molecule has 0 fully saturated rings. The van der Waals surface area contributed by atoms with E-state index in [-0.39, 0.29) is 6.04 Å². The molecule has 1 aromatic carbocycles. The van der Waals surface area contributed by atoms with Gasteiger partial charge >= 0.3 is 0 Å². The summed E-state index contributed by atoms with van der Waals surface area (Å²) in [6, 6.07) is 6.28. The number of fused-ring (bicyclic) bond motifs is 1. The first kappa shape index (κ1) is 13.6. The quantitative estimate of drug-likeness (QED) is 0.793. The topological polar surface area (TPSA) is 29.3 Å². The van der Waals surface area contributed by atoms with Crippen molar-refractivity contribution in [2.75, 3.05) is 7.05 Å². The summed E-state index contributed by atoms with van der Waals surface area (Å²) in [7, 11) is 1.98. The number of nitrogens with one attached hydrogen (secondary N) is 1. The first-order valence-corrected chi connectivity index (χ1v) is 7.78. The summed E-state index contributed by atoms with van der Waals surface area (Å²) in [5.74, 6) is 0. The number of rotatable bonds is 4. The molecule has 0 aliphatic rings. The predicted molar refractivity (Wildman–Crippen MR) is 84.8 cm³/mol. The van der Waals surface area contributed by atoms with E-state index in [1.807, 2.05) is 30.8 Å². The highest BCUT2D eigenvalue weighted by molar-refractivity contribution is 7.15. The fourth-order valence-corrected chi connectivity index (χ4v) is 3.35. The molecule has 0 aliphatic heterocycles. The van der Waals surface area contributed by atoms with Crippen LogP contribution in [0.1, 0.15) is 22.9 Å². The summed E-state index contributed by atoms with van der Waals surface area (Å²) in [6.45, 7) is 2.06. The van der Waals surface area contributed by atoms with Crippen LogP contribution in [0.4, 0.5) is 0 Å². The van der Waals surface area contributed by atoms with Gasteiger partial charge in [-0.1, -0.05) is 23.7 Å². The van der Waals surface area contributed by atoms with Crippen LogP contribution >= 0.6 is 22.9 Å². The van der Waals surface area contributed by atoms with Gasteiger partial charge in [0.25, 0.3) is 0 Å². The minimum Gasteiger partial charge on any atom is -0.313 e. The van der Waals surface area contributed by atoms with Crippen LogP contribution in [-0.2, 0) is 6.42 Å². The second kappa shape index (κ2) is 5.56. The van der Waals surface area contributed by atoms with Gasteiger partial charge in [-0.25, -0.2) is 4.98 Å². The summed E-state index contributed by atoms with van der Waals surface area (Å²) in [5.41, 5.74) is 3.46. The van der Waals surface area contributed by atoms with Gasteiger partial charge in [-0.15, -0.1) is 11.3 Å². The molecule has 1 unspecified atom stereocenters. The maximum Gasteiger partial charge on any atom is 0.193 e. The van der Waals surface area contributed by atoms with Crippen LogP contribution in [-0.4, -0.2) is 16.4 Å². The van der Waals surface area contributed by atoms with Crippen molar-refractivity contribution in [2.45, 2.75) is 19.4 Å². The van der Waals surface area contributed by atoms with E-state index in [1.165, 1.54) is 5.56 Å². The Hall–Kier alpha value is -1.36. The first-order valence-electron chi connectivity index (χ1n) is 6.52. The maximum atomic E-state index is 6.22. The molecule has 0 aliphatic carbocycles. The zero-order valence-electron chi connectivity index (χ0n) is 11.4. The number of hydrogen-bond donors (Lipinski definition) is 1. The van der Waals surface area contributed by atoms with Crippen molar-refractivity contribution in [2.24, 2.45) is 0 Å². The van der Waals surface area contributed by atoms with E-state index < -0.39 is 0 Å². The summed E-state index contributed by atoms with van der Waals surface area (Å²) in [5, 5.41) is 6.22. The normalized spacial score (nSPS) is 12.9. The maximum absolute atomic E-state index is 6.22. The fraction of sp³-hybridized carbons (Fsp3) is 0.267. The van der Waals surface area contributed by atoms with E-state index in [0.29, 0.717) is 0 Å². The third-order valence-corrected chi connectivity index (χ3v) is 4.77. The van der Waals surface area contributed by atoms with Crippen LogP contribution < -0.4 is 5.32 Å². The number of benzene rings is 1.